The fourth-order valence-corrected chi connectivity index (χ4v) is 5.60. The predicted octanol–water partition coefficient (Wildman–Crippen LogP) is 4.52. The van der Waals surface area contributed by atoms with Crippen molar-refractivity contribution in [2.45, 2.75) is 13.3 Å². The molecule has 0 aliphatic carbocycles. The van der Waals surface area contributed by atoms with E-state index >= 15 is 4.39 Å². The quantitative estimate of drug-likeness (QED) is 0.414. The number of hydrogen-bond acceptors (Lipinski definition) is 7. The molecule has 5 rings (SSSR count). The van der Waals surface area contributed by atoms with Crippen LogP contribution in [0.4, 0.5) is 20.5 Å². The van der Waals surface area contributed by atoms with Gasteiger partial charge in [0.1, 0.15) is 22.9 Å². The molecule has 2 saturated heterocycles. The molecule has 0 unspecified atom stereocenters. The molecular weight excluding hydrogens is 526 g/mol. The van der Waals surface area contributed by atoms with Crippen LogP contribution in [-0.2, 0) is 4.79 Å². The first kappa shape index (κ1) is 27.1. The van der Waals surface area contributed by atoms with Crippen LogP contribution in [0, 0.1) is 17.6 Å². The lowest BCUT2D eigenvalue weighted by Gasteiger charge is -2.35. The number of rotatable bonds is 7. The average molecular weight is 557 g/mol. The highest BCUT2D eigenvalue weighted by Gasteiger charge is 2.27. The van der Waals surface area contributed by atoms with Gasteiger partial charge in [-0.2, -0.15) is 4.98 Å². The smallest absolute Gasteiger partial charge is 0.246 e. The zero-order valence-corrected chi connectivity index (χ0v) is 22.5. The second-order valence-corrected chi connectivity index (χ2v) is 10.5. The molecular formula is C28H31ClF2N6O2. The number of phenolic OH excluding ortho intramolecular Hbond substituents is 1. The topological polar surface area (TPSA) is 84.8 Å². The van der Waals surface area contributed by atoms with E-state index in [4.69, 9.17) is 16.6 Å². The molecule has 2 aliphatic rings. The summed E-state index contributed by atoms with van der Waals surface area (Å²) in [4.78, 5) is 27.3. The number of aromatic nitrogens is 2. The van der Waals surface area contributed by atoms with E-state index in [1.165, 1.54) is 24.3 Å². The maximum atomic E-state index is 16.2. The number of piperazine rings is 1. The molecule has 0 spiro atoms. The molecule has 1 atom stereocenters. The lowest BCUT2D eigenvalue weighted by Crippen LogP contribution is -2.48. The van der Waals surface area contributed by atoms with Gasteiger partial charge in [-0.3, -0.25) is 4.79 Å². The highest BCUT2D eigenvalue weighted by atomic mass is 35.5. The second kappa shape index (κ2) is 11.3. The minimum atomic E-state index is -0.849. The molecule has 3 heterocycles. The molecule has 39 heavy (non-hydrogen) atoms. The first-order valence-corrected chi connectivity index (χ1v) is 13.4. The van der Waals surface area contributed by atoms with Gasteiger partial charge in [0.2, 0.25) is 11.9 Å². The van der Waals surface area contributed by atoms with Gasteiger partial charge in [0.05, 0.1) is 10.6 Å². The van der Waals surface area contributed by atoms with E-state index in [9.17, 15) is 14.3 Å². The molecule has 2 fully saturated rings. The minimum Gasteiger partial charge on any atom is -0.507 e. The SMILES string of the molecule is C=CC(=O)N1CCN(c2nc(NCCN3CC[C@@H](C)C3)nc3c(F)c(-c4c(O)cccc4F)c(Cl)cc23)CC1. The molecule has 2 aromatic carbocycles. The highest BCUT2D eigenvalue weighted by molar-refractivity contribution is 6.34. The summed E-state index contributed by atoms with van der Waals surface area (Å²) in [6.45, 7) is 11.0. The van der Waals surface area contributed by atoms with Crippen molar-refractivity contribution in [3.8, 4) is 16.9 Å². The minimum absolute atomic E-state index is 0.0380. The van der Waals surface area contributed by atoms with Crippen LogP contribution in [0.1, 0.15) is 13.3 Å². The number of likely N-dealkylation sites (tertiary alicyclic amines) is 1. The van der Waals surface area contributed by atoms with Crippen molar-refractivity contribution in [2.75, 3.05) is 62.6 Å². The van der Waals surface area contributed by atoms with Crippen LogP contribution in [0.25, 0.3) is 22.0 Å². The third-order valence-electron chi connectivity index (χ3n) is 7.39. The maximum Gasteiger partial charge on any atom is 0.246 e. The zero-order chi connectivity index (χ0) is 27.7. The Hall–Kier alpha value is -3.50. The van der Waals surface area contributed by atoms with Crippen LogP contribution in [0.2, 0.25) is 5.02 Å². The zero-order valence-electron chi connectivity index (χ0n) is 21.8. The number of aromatic hydroxyl groups is 1. The molecule has 0 saturated carbocycles. The number of nitrogens with one attached hydrogen (secondary N) is 1. The summed E-state index contributed by atoms with van der Waals surface area (Å²) < 4.78 is 30.9. The number of anilines is 2. The number of fused-ring (bicyclic) bond motifs is 1. The lowest BCUT2D eigenvalue weighted by molar-refractivity contribution is -0.126. The third-order valence-corrected chi connectivity index (χ3v) is 7.69. The Bertz CT molecular complexity index is 1390. The van der Waals surface area contributed by atoms with E-state index in [-0.39, 0.29) is 33.5 Å². The molecule has 1 aromatic heterocycles. The van der Waals surface area contributed by atoms with Gasteiger partial charge in [0, 0.05) is 56.8 Å². The van der Waals surface area contributed by atoms with Crippen LogP contribution in [0.3, 0.4) is 0 Å². The molecule has 11 heteroatoms. The third kappa shape index (κ3) is 5.49. The van der Waals surface area contributed by atoms with Crippen molar-refractivity contribution in [1.82, 2.24) is 19.8 Å². The van der Waals surface area contributed by atoms with Crippen LogP contribution < -0.4 is 10.2 Å². The number of halogens is 3. The van der Waals surface area contributed by atoms with Gasteiger partial charge in [-0.25, -0.2) is 13.8 Å². The van der Waals surface area contributed by atoms with Gasteiger partial charge in [-0.05, 0) is 43.2 Å². The predicted molar refractivity (Wildman–Crippen MR) is 149 cm³/mol. The van der Waals surface area contributed by atoms with Gasteiger partial charge >= 0.3 is 0 Å². The fourth-order valence-electron chi connectivity index (χ4n) is 5.31. The standard InChI is InChI=1S/C28H31ClF2N6O2/c1-3-22(39)36-11-13-37(14-12-36)27-18-15-19(29)23(24-20(30)5-4-6-21(24)38)25(31)26(18)33-28(34-27)32-8-10-35-9-7-17(2)16-35/h3-6,15,17,38H,1,7-14,16H2,2H3,(H,32,33,34)/t17-/m1/s1. The van der Waals surface area contributed by atoms with Gasteiger partial charge in [0.25, 0.3) is 0 Å². The summed E-state index contributed by atoms with van der Waals surface area (Å²) in [6.07, 6.45) is 2.45. The van der Waals surface area contributed by atoms with Crippen molar-refractivity contribution in [3.05, 3.63) is 53.6 Å². The summed E-state index contributed by atoms with van der Waals surface area (Å²) in [5.41, 5.74) is -0.622. The second-order valence-electron chi connectivity index (χ2n) is 10.1. The van der Waals surface area contributed by atoms with Crippen molar-refractivity contribution < 1.29 is 18.7 Å². The number of benzene rings is 2. The number of carbonyl (C=O) groups excluding carboxylic acids is 1. The Morgan fingerprint density at radius 1 is 1.21 bits per heavy atom. The van der Waals surface area contributed by atoms with E-state index < -0.39 is 17.4 Å². The molecule has 206 valence electrons. The van der Waals surface area contributed by atoms with Crippen LogP contribution in [0.5, 0.6) is 5.75 Å². The summed E-state index contributed by atoms with van der Waals surface area (Å²) in [5.74, 6) is -0.863. The highest BCUT2D eigenvalue weighted by Crippen LogP contribution is 2.42. The van der Waals surface area contributed by atoms with Crippen molar-refractivity contribution in [2.24, 2.45) is 5.92 Å². The van der Waals surface area contributed by atoms with Gasteiger partial charge in [-0.15, -0.1) is 0 Å². The molecule has 2 N–H and O–H groups in total. The Labute approximate surface area is 230 Å². The Balaban J connectivity index is 1.54. The van der Waals surface area contributed by atoms with Gasteiger partial charge in [-0.1, -0.05) is 31.2 Å². The van der Waals surface area contributed by atoms with Crippen molar-refractivity contribution >= 4 is 40.2 Å². The van der Waals surface area contributed by atoms with Crippen LogP contribution in [0.15, 0.2) is 36.9 Å². The number of nitrogens with zero attached hydrogens (tertiary/aromatic N) is 5. The Morgan fingerprint density at radius 2 is 1.97 bits per heavy atom. The number of amides is 1. The number of carbonyl (C=O) groups is 1. The Kier molecular flexibility index (Phi) is 7.86. The lowest BCUT2D eigenvalue weighted by atomic mass is 10.0. The molecule has 2 aliphatic heterocycles. The van der Waals surface area contributed by atoms with E-state index in [0.29, 0.717) is 49.8 Å². The molecule has 0 bridgehead atoms. The van der Waals surface area contributed by atoms with Gasteiger partial charge < -0.3 is 25.1 Å². The van der Waals surface area contributed by atoms with Crippen molar-refractivity contribution in [1.29, 1.82) is 0 Å². The van der Waals surface area contributed by atoms with E-state index in [2.05, 4.69) is 28.7 Å². The largest absolute Gasteiger partial charge is 0.507 e. The van der Waals surface area contributed by atoms with E-state index in [0.717, 1.165) is 32.1 Å². The summed E-state index contributed by atoms with van der Waals surface area (Å²) in [6, 6.07) is 5.25. The van der Waals surface area contributed by atoms with Crippen molar-refractivity contribution in [3.63, 3.8) is 0 Å². The van der Waals surface area contributed by atoms with E-state index in [1.807, 2.05) is 4.90 Å². The molecule has 3 aromatic rings. The normalized spacial score (nSPS) is 18.1. The van der Waals surface area contributed by atoms with Crippen LogP contribution in [-0.4, -0.2) is 83.1 Å². The molecule has 8 nitrogen and oxygen atoms in total. The van der Waals surface area contributed by atoms with Crippen LogP contribution >= 0.6 is 11.6 Å². The first-order chi connectivity index (χ1) is 18.8. The van der Waals surface area contributed by atoms with E-state index in [1.54, 1.807) is 4.90 Å². The fraction of sp³-hybridized carbons (Fsp3) is 0.393. The summed E-state index contributed by atoms with van der Waals surface area (Å²) in [5, 5.41) is 13.9. The summed E-state index contributed by atoms with van der Waals surface area (Å²) in [7, 11) is 0. The molecule has 0 radical (unpaired) electrons. The average Bonchev–Trinajstić information content (AvgIpc) is 3.34. The summed E-state index contributed by atoms with van der Waals surface area (Å²) >= 11 is 6.51. The Morgan fingerprint density at radius 3 is 2.64 bits per heavy atom. The number of hydrogen-bond donors (Lipinski definition) is 2. The first-order valence-electron chi connectivity index (χ1n) is 13.1. The van der Waals surface area contributed by atoms with Gasteiger partial charge in [0.15, 0.2) is 5.82 Å². The number of phenols is 1. The molecule has 1 amide bonds. The monoisotopic (exact) mass is 556 g/mol. The maximum absolute atomic E-state index is 16.2.